The van der Waals surface area contributed by atoms with Crippen LogP contribution >= 0.6 is 0 Å². The van der Waals surface area contributed by atoms with Crippen LogP contribution in [0, 0.1) is 11.3 Å². The molecular formula is C22H24N10O. The fourth-order valence-electron chi connectivity index (χ4n) is 3.61. The zero-order chi connectivity index (χ0) is 22.8. The van der Waals surface area contributed by atoms with Gasteiger partial charge in [0, 0.05) is 38.5 Å². The van der Waals surface area contributed by atoms with Crippen LogP contribution in [0.15, 0.2) is 43.1 Å². The van der Waals surface area contributed by atoms with Crippen molar-refractivity contribution in [3.63, 3.8) is 0 Å². The number of aromatic nitrogens is 6. The number of imidazole rings is 1. The fourth-order valence-corrected chi connectivity index (χ4v) is 3.61. The highest BCUT2D eigenvalue weighted by Crippen LogP contribution is 2.31. The second-order valence-electron chi connectivity index (χ2n) is 7.96. The second kappa shape index (κ2) is 8.76. The van der Waals surface area contributed by atoms with Crippen LogP contribution in [0.3, 0.4) is 0 Å². The summed E-state index contributed by atoms with van der Waals surface area (Å²) in [5.74, 6) is 0.607. The van der Waals surface area contributed by atoms with Gasteiger partial charge >= 0.3 is 0 Å². The number of anilines is 4. The summed E-state index contributed by atoms with van der Waals surface area (Å²) in [6.45, 7) is 1.36. The fraction of sp³-hybridized carbons (Fsp3) is 0.318. The predicted molar refractivity (Wildman–Crippen MR) is 124 cm³/mol. The van der Waals surface area contributed by atoms with E-state index in [2.05, 4.69) is 41.9 Å². The highest BCUT2D eigenvalue weighted by molar-refractivity contribution is 5.75. The molecule has 1 fully saturated rings. The Kier molecular flexibility index (Phi) is 5.50. The molecule has 0 amide bonds. The summed E-state index contributed by atoms with van der Waals surface area (Å²) in [5.41, 5.74) is 4.65. The number of nitriles is 1. The van der Waals surface area contributed by atoms with E-state index in [0.717, 1.165) is 42.1 Å². The number of ether oxygens (including phenoxy) is 1. The van der Waals surface area contributed by atoms with Crippen molar-refractivity contribution in [2.75, 3.05) is 42.8 Å². The zero-order valence-corrected chi connectivity index (χ0v) is 18.4. The van der Waals surface area contributed by atoms with Gasteiger partial charge in [0.05, 0.1) is 29.9 Å². The number of hydrogen-bond acceptors (Lipinski definition) is 9. The number of fused-ring (bicyclic) bond motifs is 1. The number of rotatable bonds is 9. The maximum absolute atomic E-state index is 9.46. The molecule has 4 aromatic rings. The molecule has 0 spiro atoms. The smallest absolute Gasteiger partial charge is 0.178 e. The van der Waals surface area contributed by atoms with E-state index in [0.29, 0.717) is 29.8 Å². The third-order valence-electron chi connectivity index (χ3n) is 5.51. The summed E-state index contributed by atoms with van der Waals surface area (Å²) in [6.07, 6.45) is 7.13. The van der Waals surface area contributed by atoms with Crippen LogP contribution in [-0.4, -0.2) is 62.7 Å². The molecule has 1 aromatic carbocycles. The molecule has 3 aromatic heterocycles. The summed E-state index contributed by atoms with van der Waals surface area (Å²) in [6, 6.07) is 10.6. The molecule has 0 aliphatic heterocycles. The van der Waals surface area contributed by atoms with Gasteiger partial charge in [-0.15, -0.1) is 15.3 Å². The predicted octanol–water partition coefficient (Wildman–Crippen LogP) is 2.58. The Labute approximate surface area is 190 Å². The standard InChI is InChI=1S/C22H24N10O/c1-30(7-8-33-2)19-6-5-16(9-20(19)31-13-25-26-14-31)28-21-10-18(27-15-3-4-15)22-24-12-17(11-23)32(22)29-21/h5-6,9-10,12-15,27H,3-4,7-8H2,1-2H3,(H,28,29). The van der Waals surface area contributed by atoms with Gasteiger partial charge in [0.25, 0.3) is 0 Å². The number of likely N-dealkylation sites (N-methyl/N-ethyl adjacent to an activating group) is 1. The van der Waals surface area contributed by atoms with Gasteiger partial charge in [0.1, 0.15) is 18.7 Å². The lowest BCUT2D eigenvalue weighted by Gasteiger charge is -2.23. The van der Waals surface area contributed by atoms with Crippen molar-refractivity contribution in [1.29, 1.82) is 5.26 Å². The van der Waals surface area contributed by atoms with E-state index in [-0.39, 0.29) is 0 Å². The lowest BCUT2D eigenvalue weighted by Crippen LogP contribution is -2.23. The normalized spacial score (nSPS) is 13.1. The molecule has 1 aliphatic rings. The van der Waals surface area contributed by atoms with E-state index in [9.17, 15) is 5.26 Å². The largest absolute Gasteiger partial charge is 0.383 e. The average Bonchev–Trinajstić information content (AvgIpc) is 3.30. The Morgan fingerprint density at radius 1 is 1.24 bits per heavy atom. The van der Waals surface area contributed by atoms with Gasteiger partial charge in [-0.1, -0.05) is 0 Å². The van der Waals surface area contributed by atoms with Gasteiger partial charge in [-0.25, -0.2) is 4.98 Å². The third-order valence-corrected chi connectivity index (χ3v) is 5.51. The zero-order valence-electron chi connectivity index (χ0n) is 18.4. The molecule has 11 heteroatoms. The highest BCUT2D eigenvalue weighted by Gasteiger charge is 2.23. The van der Waals surface area contributed by atoms with Gasteiger partial charge in [-0.3, -0.25) is 4.57 Å². The van der Waals surface area contributed by atoms with E-state index in [1.165, 1.54) is 0 Å². The maximum Gasteiger partial charge on any atom is 0.178 e. The van der Waals surface area contributed by atoms with Crippen LogP contribution in [0.2, 0.25) is 0 Å². The van der Waals surface area contributed by atoms with Crippen molar-refractivity contribution < 1.29 is 4.74 Å². The minimum Gasteiger partial charge on any atom is -0.383 e. The Morgan fingerprint density at radius 2 is 2.06 bits per heavy atom. The van der Waals surface area contributed by atoms with Gasteiger partial charge in [0.2, 0.25) is 0 Å². The van der Waals surface area contributed by atoms with Crippen LogP contribution in [0.5, 0.6) is 0 Å². The third kappa shape index (κ3) is 4.28. The van der Waals surface area contributed by atoms with Gasteiger partial charge in [-0.05, 0) is 31.0 Å². The van der Waals surface area contributed by atoms with Crippen molar-refractivity contribution in [2.45, 2.75) is 18.9 Å². The Balaban J connectivity index is 1.51. The van der Waals surface area contributed by atoms with Crippen LogP contribution < -0.4 is 15.5 Å². The highest BCUT2D eigenvalue weighted by atomic mass is 16.5. The van der Waals surface area contributed by atoms with Gasteiger partial charge in [-0.2, -0.15) is 9.78 Å². The molecule has 5 rings (SSSR count). The Bertz CT molecular complexity index is 1300. The van der Waals surface area contributed by atoms with Crippen LogP contribution in [0.1, 0.15) is 18.5 Å². The van der Waals surface area contributed by atoms with Crippen LogP contribution in [0.25, 0.3) is 11.3 Å². The van der Waals surface area contributed by atoms with Crippen molar-refractivity contribution in [3.05, 3.63) is 48.8 Å². The van der Waals surface area contributed by atoms with Crippen molar-refractivity contribution in [1.82, 2.24) is 29.4 Å². The van der Waals surface area contributed by atoms with Crippen molar-refractivity contribution in [2.24, 2.45) is 0 Å². The first kappa shape index (κ1) is 20.7. The molecule has 11 nitrogen and oxygen atoms in total. The summed E-state index contributed by atoms with van der Waals surface area (Å²) >= 11 is 0. The molecule has 3 heterocycles. The molecule has 0 saturated heterocycles. The first-order chi connectivity index (χ1) is 16.2. The minimum atomic E-state index is 0.382. The number of hydrogen-bond donors (Lipinski definition) is 2. The Morgan fingerprint density at radius 3 is 2.79 bits per heavy atom. The summed E-state index contributed by atoms with van der Waals surface area (Å²) < 4.78 is 8.66. The summed E-state index contributed by atoms with van der Waals surface area (Å²) in [7, 11) is 3.71. The van der Waals surface area contributed by atoms with Crippen LogP contribution in [-0.2, 0) is 4.74 Å². The molecule has 1 aliphatic carbocycles. The average molecular weight is 445 g/mol. The minimum absolute atomic E-state index is 0.382. The molecule has 33 heavy (non-hydrogen) atoms. The monoisotopic (exact) mass is 444 g/mol. The molecule has 168 valence electrons. The lowest BCUT2D eigenvalue weighted by molar-refractivity contribution is 0.206. The maximum atomic E-state index is 9.46. The molecule has 0 radical (unpaired) electrons. The van der Waals surface area contributed by atoms with E-state index in [1.54, 1.807) is 30.5 Å². The SMILES string of the molecule is COCCN(C)c1ccc(Nc2cc(NC3CC3)c3ncc(C#N)n3n2)cc1-n1cnnc1. The first-order valence-electron chi connectivity index (χ1n) is 10.7. The van der Waals surface area contributed by atoms with E-state index in [1.807, 2.05) is 35.9 Å². The first-order valence-corrected chi connectivity index (χ1v) is 10.7. The molecular weight excluding hydrogens is 420 g/mol. The topological polar surface area (TPSA) is 121 Å². The number of nitrogens with zero attached hydrogens (tertiary/aromatic N) is 8. The molecule has 2 N–H and O–H groups in total. The van der Waals surface area contributed by atoms with E-state index < -0.39 is 0 Å². The van der Waals surface area contributed by atoms with Gasteiger partial charge < -0.3 is 20.3 Å². The van der Waals surface area contributed by atoms with E-state index in [4.69, 9.17) is 4.74 Å². The van der Waals surface area contributed by atoms with Crippen molar-refractivity contribution >= 4 is 28.5 Å². The lowest BCUT2D eigenvalue weighted by atomic mass is 10.2. The number of benzene rings is 1. The quantitative estimate of drug-likeness (QED) is 0.401. The molecule has 0 atom stereocenters. The summed E-state index contributed by atoms with van der Waals surface area (Å²) in [5, 5.41) is 28.8. The van der Waals surface area contributed by atoms with Crippen molar-refractivity contribution in [3.8, 4) is 11.8 Å². The van der Waals surface area contributed by atoms with Gasteiger partial charge in [0.15, 0.2) is 17.2 Å². The number of nitrogens with one attached hydrogen (secondary N) is 2. The molecule has 1 saturated carbocycles. The summed E-state index contributed by atoms with van der Waals surface area (Å²) in [4.78, 5) is 6.50. The van der Waals surface area contributed by atoms with E-state index >= 15 is 0 Å². The second-order valence-corrected chi connectivity index (χ2v) is 7.96. The Hall–Kier alpha value is -4.17. The number of methoxy groups -OCH3 is 1. The molecule has 0 bridgehead atoms. The van der Waals surface area contributed by atoms with Crippen LogP contribution in [0.4, 0.5) is 22.9 Å². The molecule has 0 unspecified atom stereocenters.